The Morgan fingerprint density at radius 3 is 2.14 bits per heavy atom. The van der Waals surface area contributed by atoms with Crippen molar-refractivity contribution in [1.29, 1.82) is 0 Å². The van der Waals surface area contributed by atoms with Gasteiger partial charge in [0.1, 0.15) is 0 Å². The van der Waals surface area contributed by atoms with E-state index >= 15 is 0 Å². The van der Waals surface area contributed by atoms with Crippen LogP contribution in [0.3, 0.4) is 0 Å². The molecule has 0 amide bonds. The van der Waals surface area contributed by atoms with E-state index in [1.54, 1.807) is 0 Å². The Bertz CT molecular complexity index is 631. The molecule has 0 aromatic heterocycles. The summed E-state index contributed by atoms with van der Waals surface area (Å²) in [7, 11) is 6.78. The van der Waals surface area contributed by atoms with Gasteiger partial charge in [-0.1, -0.05) is 42.5 Å². The zero-order chi connectivity index (χ0) is 14.9. The highest BCUT2D eigenvalue weighted by atomic mass is 127. The molecule has 0 fully saturated rings. The van der Waals surface area contributed by atoms with Gasteiger partial charge in [-0.3, -0.25) is 0 Å². The Morgan fingerprint density at radius 1 is 0.864 bits per heavy atom. The summed E-state index contributed by atoms with van der Waals surface area (Å²) in [6, 6.07) is 17.7. The first-order chi connectivity index (χ1) is 10.0. The number of anilines is 1. The maximum absolute atomic E-state index is 2.55. The minimum absolute atomic E-state index is 0. The van der Waals surface area contributed by atoms with Crippen molar-refractivity contribution in [2.24, 2.45) is 0 Å². The molecule has 0 bridgehead atoms. The van der Waals surface area contributed by atoms with Crippen LogP contribution < -0.4 is 28.9 Å². The summed E-state index contributed by atoms with van der Waals surface area (Å²) in [6.45, 7) is 3.26. The molecule has 1 heterocycles. The molecule has 22 heavy (non-hydrogen) atoms. The Balaban J connectivity index is 0.00000176. The molecule has 2 aromatic rings. The third kappa shape index (κ3) is 4.02. The maximum Gasteiger partial charge on any atom is 0.0958 e. The second-order valence-corrected chi connectivity index (χ2v) is 7.01. The molecule has 0 saturated heterocycles. The number of benzene rings is 2. The van der Waals surface area contributed by atoms with E-state index < -0.39 is 0 Å². The number of para-hydroxylation sites is 1. The molecule has 2 aromatic carbocycles. The van der Waals surface area contributed by atoms with E-state index in [2.05, 4.69) is 74.6 Å². The Hall–Kier alpha value is -1.07. The summed E-state index contributed by atoms with van der Waals surface area (Å²) >= 11 is 0. The lowest BCUT2D eigenvalue weighted by Crippen LogP contribution is -3.00. The van der Waals surface area contributed by atoms with Gasteiger partial charge >= 0.3 is 0 Å². The van der Waals surface area contributed by atoms with Gasteiger partial charge in [0.05, 0.1) is 34.2 Å². The normalized spacial score (nSPS) is 13.7. The van der Waals surface area contributed by atoms with Gasteiger partial charge in [-0.2, -0.15) is 0 Å². The van der Waals surface area contributed by atoms with E-state index in [4.69, 9.17) is 0 Å². The van der Waals surface area contributed by atoms with E-state index in [-0.39, 0.29) is 24.0 Å². The van der Waals surface area contributed by atoms with E-state index in [1.165, 1.54) is 22.4 Å². The van der Waals surface area contributed by atoms with Crippen molar-refractivity contribution in [2.45, 2.75) is 13.0 Å². The lowest BCUT2D eigenvalue weighted by molar-refractivity contribution is -0.868. The van der Waals surface area contributed by atoms with Gasteiger partial charge in [-0.25, -0.2) is 0 Å². The smallest absolute Gasteiger partial charge is 0.0958 e. The van der Waals surface area contributed by atoms with Gasteiger partial charge < -0.3 is 33.4 Å². The average molecular weight is 408 g/mol. The first kappa shape index (κ1) is 17.3. The van der Waals surface area contributed by atoms with Gasteiger partial charge in [0, 0.05) is 12.2 Å². The minimum Gasteiger partial charge on any atom is -1.00 e. The molecule has 0 spiro atoms. The molecule has 1 aliphatic rings. The molecule has 0 saturated carbocycles. The molecule has 0 N–H and O–H groups in total. The third-order valence-electron chi connectivity index (χ3n) is 4.23. The predicted octanol–water partition coefficient (Wildman–Crippen LogP) is 0.308. The van der Waals surface area contributed by atoms with Gasteiger partial charge in [-0.05, 0) is 29.2 Å². The largest absolute Gasteiger partial charge is 1.00 e. The maximum atomic E-state index is 2.55. The lowest BCUT2D eigenvalue weighted by atomic mass is 10.0. The average Bonchev–Trinajstić information content (AvgIpc) is 2.60. The molecule has 0 atom stereocenters. The molecular formula is C19H25IN2. The first-order valence-corrected chi connectivity index (χ1v) is 7.73. The number of fused-ring (bicyclic) bond motifs is 2. The van der Waals surface area contributed by atoms with Gasteiger partial charge in [0.2, 0.25) is 0 Å². The highest BCUT2D eigenvalue weighted by molar-refractivity contribution is 5.58. The molecule has 118 valence electrons. The summed E-state index contributed by atoms with van der Waals surface area (Å²) in [4.78, 5) is 2.55. The van der Waals surface area contributed by atoms with Crippen LogP contribution in [0.25, 0.3) is 0 Å². The van der Waals surface area contributed by atoms with Crippen LogP contribution in [0.1, 0.15) is 16.7 Å². The summed E-state index contributed by atoms with van der Waals surface area (Å²) in [5, 5.41) is 0. The van der Waals surface area contributed by atoms with Crippen molar-refractivity contribution >= 4 is 5.69 Å². The Morgan fingerprint density at radius 2 is 1.45 bits per heavy atom. The van der Waals surface area contributed by atoms with E-state index in [1.807, 2.05) is 0 Å². The van der Waals surface area contributed by atoms with Crippen LogP contribution in [0.15, 0.2) is 48.5 Å². The molecular weight excluding hydrogens is 383 g/mol. The zero-order valence-electron chi connectivity index (χ0n) is 13.7. The van der Waals surface area contributed by atoms with E-state index in [0.29, 0.717) is 0 Å². The van der Waals surface area contributed by atoms with Gasteiger partial charge in [0.25, 0.3) is 0 Å². The monoisotopic (exact) mass is 408 g/mol. The van der Waals surface area contributed by atoms with Crippen LogP contribution in [0, 0.1) is 0 Å². The molecule has 0 aliphatic carbocycles. The van der Waals surface area contributed by atoms with E-state index in [0.717, 1.165) is 30.5 Å². The zero-order valence-corrected chi connectivity index (χ0v) is 15.9. The molecule has 0 radical (unpaired) electrons. The summed E-state index contributed by atoms with van der Waals surface area (Å²) < 4.78 is 1.00. The number of nitrogens with zero attached hydrogens (tertiary/aromatic N) is 2. The van der Waals surface area contributed by atoms with Gasteiger partial charge in [0.15, 0.2) is 0 Å². The fraction of sp³-hybridized carbons (Fsp3) is 0.368. The first-order valence-electron chi connectivity index (χ1n) is 7.73. The van der Waals surface area contributed by atoms with Crippen molar-refractivity contribution in [3.8, 4) is 0 Å². The fourth-order valence-corrected chi connectivity index (χ4v) is 2.97. The second kappa shape index (κ2) is 7.01. The van der Waals surface area contributed by atoms with Crippen LogP contribution in [0.5, 0.6) is 0 Å². The summed E-state index contributed by atoms with van der Waals surface area (Å²) in [5.74, 6) is 0. The van der Waals surface area contributed by atoms with Crippen LogP contribution >= 0.6 is 0 Å². The number of halogens is 1. The highest BCUT2D eigenvalue weighted by Crippen LogP contribution is 2.30. The van der Waals surface area contributed by atoms with Crippen LogP contribution in [-0.4, -0.2) is 38.7 Å². The van der Waals surface area contributed by atoms with Crippen molar-refractivity contribution in [1.82, 2.24) is 0 Å². The molecule has 2 nitrogen and oxygen atoms in total. The summed E-state index contributed by atoms with van der Waals surface area (Å²) in [5.41, 5.74) is 5.79. The standard InChI is InChI=1S/C19H25N2.HI/c1-21(2,3)13-12-20-15-18-10-5-4-8-16(18)14-17-9-6-7-11-19(17)20;/h4-11H,12-15H2,1-3H3;1H/q+1;/p-1. The van der Waals surface area contributed by atoms with Crippen molar-refractivity contribution in [3.05, 3.63) is 65.2 Å². The van der Waals surface area contributed by atoms with Crippen molar-refractivity contribution in [2.75, 3.05) is 39.1 Å². The van der Waals surface area contributed by atoms with E-state index in [9.17, 15) is 0 Å². The van der Waals surface area contributed by atoms with Crippen molar-refractivity contribution in [3.63, 3.8) is 0 Å². The van der Waals surface area contributed by atoms with Crippen LogP contribution in [0.2, 0.25) is 0 Å². The van der Waals surface area contributed by atoms with Gasteiger partial charge in [-0.15, -0.1) is 0 Å². The highest BCUT2D eigenvalue weighted by Gasteiger charge is 2.20. The number of quaternary nitrogens is 1. The minimum atomic E-state index is 0. The SMILES string of the molecule is C[N+](C)(C)CCN1Cc2ccccc2Cc2ccccc21.[I-]. The molecule has 3 heteroatoms. The molecule has 1 aliphatic heterocycles. The van der Waals surface area contributed by atoms with Crippen LogP contribution in [-0.2, 0) is 13.0 Å². The molecule has 3 rings (SSSR count). The molecule has 0 unspecified atom stereocenters. The number of rotatable bonds is 3. The Labute approximate surface area is 151 Å². The Kier molecular flexibility index (Phi) is 5.50. The number of hydrogen-bond acceptors (Lipinski definition) is 1. The van der Waals surface area contributed by atoms with Crippen LogP contribution in [0.4, 0.5) is 5.69 Å². The fourth-order valence-electron chi connectivity index (χ4n) is 2.97. The lowest BCUT2D eigenvalue weighted by Gasteiger charge is -2.30. The topological polar surface area (TPSA) is 3.24 Å². The second-order valence-electron chi connectivity index (χ2n) is 7.01. The summed E-state index contributed by atoms with van der Waals surface area (Å²) in [6.07, 6.45) is 1.05. The number of likely N-dealkylation sites (N-methyl/N-ethyl adjacent to an activating group) is 1. The number of hydrogen-bond donors (Lipinski definition) is 0. The quantitative estimate of drug-likeness (QED) is 0.522. The third-order valence-corrected chi connectivity index (χ3v) is 4.23. The predicted molar refractivity (Wildman–Crippen MR) is 89.6 cm³/mol. The van der Waals surface area contributed by atoms with Crippen molar-refractivity contribution < 1.29 is 28.5 Å².